The molecule has 0 aliphatic rings. The van der Waals surface area contributed by atoms with Gasteiger partial charge in [-0.2, -0.15) is 5.06 Å². The number of hydroxylamine groups is 2. The van der Waals surface area contributed by atoms with E-state index in [-0.39, 0.29) is 6.67 Å². The van der Waals surface area contributed by atoms with E-state index in [1.54, 1.807) is 12.2 Å². The van der Waals surface area contributed by atoms with Crippen LogP contribution in [0.4, 0.5) is 4.39 Å². The van der Waals surface area contributed by atoms with Crippen LogP contribution in [0.2, 0.25) is 0 Å². The first kappa shape index (κ1) is 7.85. The van der Waals surface area contributed by atoms with Crippen molar-refractivity contribution >= 4 is 0 Å². The number of nitrogens with zero attached hydrogens (tertiary/aromatic N) is 1. The highest BCUT2D eigenvalue weighted by Crippen LogP contribution is 1.85. The van der Waals surface area contributed by atoms with Crippen LogP contribution in [0.25, 0.3) is 0 Å². The van der Waals surface area contributed by atoms with E-state index in [0.29, 0.717) is 6.54 Å². The SMILES string of the molecule is CCN(CCF)OC. The normalized spacial score (nSPS) is 10.5. The fraction of sp³-hybridized carbons (Fsp3) is 1.00. The van der Waals surface area contributed by atoms with E-state index in [2.05, 4.69) is 0 Å². The molecule has 8 heavy (non-hydrogen) atoms. The topological polar surface area (TPSA) is 12.5 Å². The van der Waals surface area contributed by atoms with Gasteiger partial charge in [0, 0.05) is 6.54 Å². The van der Waals surface area contributed by atoms with Crippen LogP contribution in [-0.2, 0) is 4.84 Å². The molecule has 0 aliphatic carbocycles. The summed E-state index contributed by atoms with van der Waals surface area (Å²) in [5.41, 5.74) is 0. The van der Waals surface area contributed by atoms with Gasteiger partial charge < -0.3 is 4.84 Å². The summed E-state index contributed by atoms with van der Waals surface area (Å²) >= 11 is 0. The van der Waals surface area contributed by atoms with Crippen molar-refractivity contribution in [3.63, 3.8) is 0 Å². The first-order chi connectivity index (χ1) is 3.85. The Morgan fingerprint density at radius 3 is 2.38 bits per heavy atom. The maximum atomic E-state index is 11.5. The summed E-state index contributed by atoms with van der Waals surface area (Å²) in [7, 11) is 1.54. The van der Waals surface area contributed by atoms with E-state index in [4.69, 9.17) is 4.84 Å². The molecule has 0 rings (SSSR count). The van der Waals surface area contributed by atoms with E-state index in [1.807, 2.05) is 6.92 Å². The highest BCUT2D eigenvalue weighted by Gasteiger charge is 1.95. The lowest BCUT2D eigenvalue weighted by atomic mass is 10.6. The molecule has 0 heterocycles. The molecule has 0 N–H and O–H groups in total. The molecule has 0 amide bonds. The number of hydrogen-bond acceptors (Lipinski definition) is 2. The van der Waals surface area contributed by atoms with Gasteiger partial charge in [0.05, 0.1) is 13.7 Å². The van der Waals surface area contributed by atoms with Gasteiger partial charge in [0.1, 0.15) is 6.67 Å². The Bertz CT molecular complexity index is 47.7. The van der Waals surface area contributed by atoms with E-state index in [0.717, 1.165) is 6.54 Å². The van der Waals surface area contributed by atoms with Gasteiger partial charge in [-0.25, -0.2) is 4.39 Å². The van der Waals surface area contributed by atoms with Crippen LogP contribution in [0.3, 0.4) is 0 Å². The second-order valence-electron chi connectivity index (χ2n) is 1.39. The molecule has 0 aromatic rings. The molecule has 2 nitrogen and oxygen atoms in total. The number of hydrogen-bond donors (Lipinski definition) is 0. The molecule has 0 aromatic heterocycles. The molecule has 0 fully saturated rings. The van der Waals surface area contributed by atoms with Crippen molar-refractivity contribution in [1.82, 2.24) is 5.06 Å². The van der Waals surface area contributed by atoms with Crippen LogP contribution in [0.15, 0.2) is 0 Å². The standard InChI is InChI=1S/C5H12FNO/c1-3-7(8-2)5-4-6/h3-5H2,1-2H3. The summed E-state index contributed by atoms with van der Waals surface area (Å²) in [5, 5.41) is 1.56. The second kappa shape index (κ2) is 5.00. The summed E-state index contributed by atoms with van der Waals surface area (Å²) in [6.07, 6.45) is 0. The van der Waals surface area contributed by atoms with Crippen molar-refractivity contribution in [2.24, 2.45) is 0 Å². The van der Waals surface area contributed by atoms with Crippen LogP contribution in [0, 0.1) is 0 Å². The zero-order chi connectivity index (χ0) is 6.41. The minimum atomic E-state index is -0.346. The molecule has 0 aromatic carbocycles. The Kier molecular flexibility index (Phi) is 4.90. The molecule has 50 valence electrons. The van der Waals surface area contributed by atoms with Crippen LogP contribution < -0.4 is 0 Å². The van der Waals surface area contributed by atoms with Gasteiger partial charge in [0.15, 0.2) is 0 Å². The second-order valence-corrected chi connectivity index (χ2v) is 1.39. The Balaban J connectivity index is 3.07. The monoisotopic (exact) mass is 121 g/mol. The number of halogens is 1. The smallest absolute Gasteiger partial charge is 0.104 e. The Morgan fingerprint density at radius 1 is 1.62 bits per heavy atom. The predicted molar refractivity (Wildman–Crippen MR) is 30.2 cm³/mol. The molecule has 0 saturated heterocycles. The summed E-state index contributed by atoms with van der Waals surface area (Å²) < 4.78 is 11.5. The summed E-state index contributed by atoms with van der Waals surface area (Å²) in [4.78, 5) is 4.73. The first-order valence-electron chi connectivity index (χ1n) is 2.70. The average Bonchev–Trinajstić information content (AvgIpc) is 1.83. The zero-order valence-corrected chi connectivity index (χ0v) is 5.35. The fourth-order valence-electron chi connectivity index (χ4n) is 0.473. The van der Waals surface area contributed by atoms with E-state index in [9.17, 15) is 4.39 Å². The van der Waals surface area contributed by atoms with Crippen molar-refractivity contribution in [2.75, 3.05) is 26.9 Å². The molecule has 0 spiro atoms. The Labute approximate surface area is 49.2 Å². The Hall–Kier alpha value is -0.150. The minimum absolute atomic E-state index is 0.346. The molecule has 0 aliphatic heterocycles. The van der Waals surface area contributed by atoms with Crippen LogP contribution in [0.5, 0.6) is 0 Å². The van der Waals surface area contributed by atoms with E-state index < -0.39 is 0 Å². The maximum Gasteiger partial charge on any atom is 0.104 e. The number of alkyl halides is 1. The summed E-state index contributed by atoms with van der Waals surface area (Å²) in [6.45, 7) is 2.67. The molecule has 0 radical (unpaired) electrons. The fourth-order valence-corrected chi connectivity index (χ4v) is 0.473. The highest BCUT2D eigenvalue weighted by molar-refractivity contribution is 4.36. The zero-order valence-electron chi connectivity index (χ0n) is 5.35. The first-order valence-corrected chi connectivity index (χ1v) is 2.70. The van der Waals surface area contributed by atoms with Gasteiger partial charge in [-0.3, -0.25) is 0 Å². The van der Waals surface area contributed by atoms with Crippen LogP contribution in [-0.4, -0.2) is 31.9 Å². The highest BCUT2D eigenvalue weighted by atomic mass is 19.1. The van der Waals surface area contributed by atoms with Crippen LogP contribution in [0.1, 0.15) is 6.92 Å². The minimum Gasteiger partial charge on any atom is -0.302 e. The van der Waals surface area contributed by atoms with Gasteiger partial charge in [0.25, 0.3) is 0 Å². The molecule has 0 saturated carbocycles. The molecule has 0 unspecified atom stereocenters. The predicted octanol–water partition coefficient (Wildman–Crippen LogP) is 0.839. The van der Waals surface area contributed by atoms with Crippen molar-refractivity contribution < 1.29 is 9.23 Å². The van der Waals surface area contributed by atoms with E-state index >= 15 is 0 Å². The van der Waals surface area contributed by atoms with Gasteiger partial charge in [-0.15, -0.1) is 0 Å². The lowest BCUT2D eigenvalue weighted by Crippen LogP contribution is -2.23. The van der Waals surface area contributed by atoms with Gasteiger partial charge in [0.2, 0.25) is 0 Å². The third-order valence-electron chi connectivity index (χ3n) is 0.945. The molecule has 3 heteroatoms. The Morgan fingerprint density at radius 2 is 2.25 bits per heavy atom. The van der Waals surface area contributed by atoms with Crippen molar-refractivity contribution in [2.45, 2.75) is 6.92 Å². The molecular weight excluding hydrogens is 109 g/mol. The van der Waals surface area contributed by atoms with Crippen molar-refractivity contribution in [1.29, 1.82) is 0 Å². The quantitative estimate of drug-likeness (QED) is 0.511. The number of rotatable bonds is 4. The maximum absolute atomic E-state index is 11.5. The van der Waals surface area contributed by atoms with Crippen molar-refractivity contribution in [3.8, 4) is 0 Å². The summed E-state index contributed by atoms with van der Waals surface area (Å²) in [5.74, 6) is 0. The third-order valence-corrected chi connectivity index (χ3v) is 0.945. The van der Waals surface area contributed by atoms with Crippen molar-refractivity contribution in [3.05, 3.63) is 0 Å². The van der Waals surface area contributed by atoms with Crippen LogP contribution >= 0.6 is 0 Å². The van der Waals surface area contributed by atoms with E-state index in [1.165, 1.54) is 0 Å². The molecule has 0 atom stereocenters. The van der Waals surface area contributed by atoms with Gasteiger partial charge >= 0.3 is 0 Å². The molecular formula is C5H12FNO. The lowest BCUT2D eigenvalue weighted by Gasteiger charge is -2.13. The summed E-state index contributed by atoms with van der Waals surface area (Å²) in [6, 6.07) is 0. The third kappa shape index (κ3) is 2.93. The largest absolute Gasteiger partial charge is 0.302 e. The molecule has 0 bridgehead atoms. The van der Waals surface area contributed by atoms with Gasteiger partial charge in [-0.05, 0) is 0 Å². The average molecular weight is 121 g/mol. The van der Waals surface area contributed by atoms with Gasteiger partial charge in [-0.1, -0.05) is 6.92 Å². The lowest BCUT2D eigenvalue weighted by molar-refractivity contribution is -0.129.